The van der Waals surface area contributed by atoms with Gasteiger partial charge >= 0.3 is 0 Å². The summed E-state index contributed by atoms with van der Waals surface area (Å²) in [7, 11) is 2.02. The first kappa shape index (κ1) is 16.0. The maximum atomic E-state index is 9.47. The molecule has 20 heavy (non-hydrogen) atoms. The first-order valence-electron chi connectivity index (χ1n) is 7.52. The van der Waals surface area contributed by atoms with Gasteiger partial charge in [-0.2, -0.15) is 0 Å². The second kappa shape index (κ2) is 8.13. The van der Waals surface area contributed by atoms with Gasteiger partial charge in [0, 0.05) is 23.1 Å². The highest BCUT2D eigenvalue weighted by molar-refractivity contribution is 9.10. The third-order valence-corrected chi connectivity index (χ3v) is 4.76. The molecule has 0 aromatic heterocycles. The summed E-state index contributed by atoms with van der Waals surface area (Å²) in [6, 6.07) is 9.23. The van der Waals surface area contributed by atoms with E-state index in [9.17, 15) is 5.11 Å². The van der Waals surface area contributed by atoms with Crippen LogP contribution in [0.4, 0.5) is 0 Å². The predicted molar refractivity (Wildman–Crippen MR) is 86.9 cm³/mol. The number of benzene rings is 1. The van der Waals surface area contributed by atoms with Crippen LogP contribution >= 0.6 is 15.9 Å². The van der Waals surface area contributed by atoms with Gasteiger partial charge in [0.25, 0.3) is 0 Å². The average molecular weight is 341 g/mol. The van der Waals surface area contributed by atoms with Crippen LogP contribution in [0.15, 0.2) is 28.7 Å². The van der Waals surface area contributed by atoms with Crippen molar-refractivity contribution in [3.8, 4) is 0 Å². The van der Waals surface area contributed by atoms with Crippen molar-refractivity contribution in [3.63, 3.8) is 0 Å². The number of piperidine rings is 1. The highest BCUT2D eigenvalue weighted by Gasteiger charge is 2.22. The fourth-order valence-electron chi connectivity index (χ4n) is 3.06. The van der Waals surface area contributed by atoms with Crippen molar-refractivity contribution in [3.05, 3.63) is 34.3 Å². The predicted octanol–water partition coefficient (Wildman–Crippen LogP) is 2.95. The molecule has 1 aromatic rings. The van der Waals surface area contributed by atoms with Crippen molar-refractivity contribution < 1.29 is 5.11 Å². The minimum Gasteiger partial charge on any atom is -0.395 e. The van der Waals surface area contributed by atoms with Crippen molar-refractivity contribution in [2.24, 2.45) is 0 Å². The van der Waals surface area contributed by atoms with Crippen molar-refractivity contribution in [2.45, 2.75) is 37.8 Å². The van der Waals surface area contributed by atoms with Crippen molar-refractivity contribution in [2.75, 3.05) is 26.7 Å². The van der Waals surface area contributed by atoms with Gasteiger partial charge in [-0.05, 0) is 50.6 Å². The van der Waals surface area contributed by atoms with Gasteiger partial charge in [-0.15, -0.1) is 0 Å². The molecule has 2 rings (SSSR count). The molecule has 1 aliphatic heterocycles. The molecule has 1 heterocycles. The third-order valence-electron chi connectivity index (χ3n) is 4.26. The molecule has 1 fully saturated rings. The van der Waals surface area contributed by atoms with Crippen molar-refractivity contribution in [1.82, 2.24) is 10.2 Å². The summed E-state index contributed by atoms with van der Waals surface area (Å²) in [6.45, 7) is 2.46. The van der Waals surface area contributed by atoms with Gasteiger partial charge in [0.05, 0.1) is 6.61 Å². The van der Waals surface area contributed by atoms with Gasteiger partial charge in [0.15, 0.2) is 0 Å². The van der Waals surface area contributed by atoms with E-state index in [4.69, 9.17) is 0 Å². The molecule has 2 N–H and O–H groups in total. The average Bonchev–Trinajstić information content (AvgIpc) is 2.48. The zero-order valence-electron chi connectivity index (χ0n) is 12.2. The van der Waals surface area contributed by atoms with E-state index in [2.05, 4.69) is 50.4 Å². The summed E-state index contributed by atoms with van der Waals surface area (Å²) in [4.78, 5) is 2.45. The molecule has 112 valence electrons. The number of nitrogens with zero attached hydrogens (tertiary/aromatic N) is 1. The van der Waals surface area contributed by atoms with E-state index >= 15 is 0 Å². The van der Waals surface area contributed by atoms with Crippen LogP contribution < -0.4 is 5.32 Å². The van der Waals surface area contributed by atoms with E-state index in [0.717, 1.165) is 30.4 Å². The van der Waals surface area contributed by atoms with Gasteiger partial charge in [-0.25, -0.2) is 0 Å². The maximum absolute atomic E-state index is 9.47. The summed E-state index contributed by atoms with van der Waals surface area (Å²) >= 11 is 3.54. The standard InChI is InChI=1S/C16H25BrN2O/c1-18-16(13-5-4-6-14(17)11-13)8-10-19-9-3-2-7-15(19)12-20/h4-6,11,15-16,18,20H,2-3,7-10,12H2,1H3. The molecular formula is C16H25BrN2O. The van der Waals surface area contributed by atoms with Crippen LogP contribution in [0.1, 0.15) is 37.3 Å². The molecule has 1 aliphatic rings. The fourth-order valence-corrected chi connectivity index (χ4v) is 3.47. The summed E-state index contributed by atoms with van der Waals surface area (Å²) in [5.74, 6) is 0. The van der Waals surface area contributed by atoms with Crippen LogP contribution in [0, 0.1) is 0 Å². The van der Waals surface area contributed by atoms with Crippen LogP contribution in [0.5, 0.6) is 0 Å². The normalized spacial score (nSPS) is 21.9. The summed E-state index contributed by atoms with van der Waals surface area (Å²) in [5, 5.41) is 12.9. The largest absolute Gasteiger partial charge is 0.395 e. The smallest absolute Gasteiger partial charge is 0.0586 e. The Bertz CT molecular complexity index is 413. The lowest BCUT2D eigenvalue weighted by Gasteiger charge is -2.35. The van der Waals surface area contributed by atoms with Gasteiger partial charge in [0.1, 0.15) is 0 Å². The van der Waals surface area contributed by atoms with Crippen LogP contribution in [-0.4, -0.2) is 42.8 Å². The van der Waals surface area contributed by atoms with Gasteiger partial charge in [-0.3, -0.25) is 4.90 Å². The number of aliphatic hydroxyl groups excluding tert-OH is 1. The number of rotatable bonds is 6. The number of hydrogen-bond acceptors (Lipinski definition) is 3. The van der Waals surface area contributed by atoms with Gasteiger partial charge in [-0.1, -0.05) is 34.5 Å². The maximum Gasteiger partial charge on any atom is 0.0586 e. The lowest BCUT2D eigenvalue weighted by atomic mass is 10.00. The van der Waals surface area contributed by atoms with E-state index in [0.29, 0.717) is 18.7 Å². The Balaban J connectivity index is 1.93. The Morgan fingerprint density at radius 3 is 3.00 bits per heavy atom. The van der Waals surface area contributed by atoms with Crippen LogP contribution in [-0.2, 0) is 0 Å². The van der Waals surface area contributed by atoms with E-state index in [1.165, 1.54) is 18.4 Å². The lowest BCUT2D eigenvalue weighted by molar-refractivity contribution is 0.0867. The Labute approximate surface area is 130 Å². The molecule has 0 radical (unpaired) electrons. The van der Waals surface area contributed by atoms with Crippen LogP contribution in [0.25, 0.3) is 0 Å². The summed E-state index contributed by atoms with van der Waals surface area (Å²) in [6.07, 6.45) is 4.72. The summed E-state index contributed by atoms with van der Waals surface area (Å²) < 4.78 is 1.13. The molecule has 1 aromatic carbocycles. The molecule has 0 saturated carbocycles. The van der Waals surface area contributed by atoms with E-state index in [1.807, 2.05) is 7.05 Å². The van der Waals surface area contributed by atoms with Gasteiger partial charge < -0.3 is 10.4 Å². The first-order chi connectivity index (χ1) is 9.74. The number of aliphatic hydroxyl groups is 1. The molecule has 2 unspecified atom stereocenters. The van der Waals surface area contributed by atoms with E-state index in [1.54, 1.807) is 0 Å². The molecule has 0 spiro atoms. The number of nitrogens with one attached hydrogen (secondary N) is 1. The Morgan fingerprint density at radius 1 is 1.45 bits per heavy atom. The number of halogens is 1. The monoisotopic (exact) mass is 340 g/mol. The highest BCUT2D eigenvalue weighted by Crippen LogP contribution is 2.23. The molecule has 0 bridgehead atoms. The molecule has 1 saturated heterocycles. The zero-order valence-corrected chi connectivity index (χ0v) is 13.8. The summed E-state index contributed by atoms with van der Waals surface area (Å²) in [5.41, 5.74) is 1.32. The quantitative estimate of drug-likeness (QED) is 0.835. The Hall–Kier alpha value is -0.420. The minimum absolute atomic E-state index is 0.293. The van der Waals surface area contributed by atoms with Crippen LogP contribution in [0.2, 0.25) is 0 Å². The molecule has 2 atom stereocenters. The number of hydrogen-bond donors (Lipinski definition) is 2. The van der Waals surface area contributed by atoms with Crippen LogP contribution in [0.3, 0.4) is 0 Å². The van der Waals surface area contributed by atoms with Crippen molar-refractivity contribution >= 4 is 15.9 Å². The second-order valence-electron chi connectivity index (χ2n) is 5.55. The highest BCUT2D eigenvalue weighted by atomic mass is 79.9. The Kier molecular flexibility index (Phi) is 6.49. The molecule has 0 aliphatic carbocycles. The van der Waals surface area contributed by atoms with Crippen molar-refractivity contribution in [1.29, 1.82) is 0 Å². The van der Waals surface area contributed by atoms with Gasteiger partial charge in [0.2, 0.25) is 0 Å². The molecule has 3 nitrogen and oxygen atoms in total. The minimum atomic E-state index is 0.293. The third kappa shape index (κ3) is 4.29. The molecule has 4 heteroatoms. The SMILES string of the molecule is CNC(CCN1CCCCC1CO)c1cccc(Br)c1. The zero-order chi connectivity index (χ0) is 14.4. The topological polar surface area (TPSA) is 35.5 Å². The Morgan fingerprint density at radius 2 is 2.30 bits per heavy atom. The van der Waals surface area contributed by atoms with E-state index < -0.39 is 0 Å². The number of likely N-dealkylation sites (tertiary alicyclic amines) is 1. The molecule has 0 amide bonds. The molecular weight excluding hydrogens is 316 g/mol. The second-order valence-corrected chi connectivity index (χ2v) is 6.47. The van der Waals surface area contributed by atoms with E-state index in [-0.39, 0.29) is 0 Å². The first-order valence-corrected chi connectivity index (χ1v) is 8.31. The fraction of sp³-hybridized carbons (Fsp3) is 0.625. The lowest BCUT2D eigenvalue weighted by Crippen LogP contribution is -2.43.